The standard InChI is InChI=1S/C13H8Br2FNO/c14-9-4-5-11(17-7-9)12(18)6-8-2-1-3-10(16)13(8)15/h1-5,7H,6H2. The molecule has 1 aromatic carbocycles. The summed E-state index contributed by atoms with van der Waals surface area (Å²) in [7, 11) is 0. The molecule has 92 valence electrons. The zero-order chi connectivity index (χ0) is 13.1. The summed E-state index contributed by atoms with van der Waals surface area (Å²) in [6.07, 6.45) is 1.68. The van der Waals surface area contributed by atoms with Crippen molar-refractivity contribution in [1.29, 1.82) is 0 Å². The molecule has 5 heteroatoms. The van der Waals surface area contributed by atoms with Gasteiger partial charge >= 0.3 is 0 Å². The fourth-order valence-corrected chi connectivity index (χ4v) is 2.13. The number of hydrogen-bond donors (Lipinski definition) is 0. The Labute approximate surface area is 121 Å². The van der Waals surface area contributed by atoms with E-state index in [0.717, 1.165) is 4.47 Å². The Morgan fingerprint density at radius 1 is 1.22 bits per heavy atom. The van der Waals surface area contributed by atoms with E-state index < -0.39 is 0 Å². The maximum absolute atomic E-state index is 13.3. The van der Waals surface area contributed by atoms with Crippen LogP contribution in [-0.4, -0.2) is 10.8 Å². The van der Waals surface area contributed by atoms with E-state index in [1.807, 2.05) is 0 Å². The molecule has 0 aliphatic heterocycles. The van der Waals surface area contributed by atoms with Crippen molar-refractivity contribution in [2.24, 2.45) is 0 Å². The number of hydrogen-bond acceptors (Lipinski definition) is 2. The van der Waals surface area contributed by atoms with Crippen molar-refractivity contribution in [3.05, 3.63) is 62.5 Å². The third-order valence-corrected chi connectivity index (χ3v) is 3.75. The fraction of sp³-hybridized carbons (Fsp3) is 0.0769. The van der Waals surface area contributed by atoms with Gasteiger partial charge in [0.15, 0.2) is 5.78 Å². The Bertz CT molecular complexity index is 584. The number of Topliss-reactive ketones (excluding diaryl/α,β-unsaturated/α-hetero) is 1. The van der Waals surface area contributed by atoms with Gasteiger partial charge in [0.1, 0.15) is 11.5 Å². The minimum Gasteiger partial charge on any atom is -0.292 e. The number of carbonyl (C=O) groups excluding carboxylic acids is 1. The predicted octanol–water partition coefficient (Wildman–Crippen LogP) is 4.17. The van der Waals surface area contributed by atoms with Gasteiger partial charge in [0.05, 0.1) is 4.47 Å². The summed E-state index contributed by atoms with van der Waals surface area (Å²) in [6, 6.07) is 8.03. The molecule has 0 aliphatic rings. The van der Waals surface area contributed by atoms with Gasteiger partial charge in [0.2, 0.25) is 0 Å². The molecule has 2 aromatic rings. The first-order valence-electron chi connectivity index (χ1n) is 5.15. The van der Waals surface area contributed by atoms with Gasteiger partial charge in [-0.05, 0) is 55.6 Å². The topological polar surface area (TPSA) is 30.0 Å². The lowest BCUT2D eigenvalue weighted by molar-refractivity contribution is 0.0988. The molecule has 0 saturated carbocycles. The first-order valence-corrected chi connectivity index (χ1v) is 6.74. The lowest BCUT2D eigenvalue weighted by atomic mass is 10.1. The lowest BCUT2D eigenvalue weighted by Gasteiger charge is -2.04. The Morgan fingerprint density at radius 3 is 2.67 bits per heavy atom. The zero-order valence-electron chi connectivity index (χ0n) is 9.16. The number of pyridine rings is 1. The number of ketones is 1. The summed E-state index contributed by atoms with van der Waals surface area (Å²) in [5.41, 5.74) is 0.985. The average molecular weight is 373 g/mol. The first-order chi connectivity index (χ1) is 8.58. The largest absolute Gasteiger partial charge is 0.292 e. The van der Waals surface area contributed by atoms with Crippen LogP contribution in [0.4, 0.5) is 4.39 Å². The van der Waals surface area contributed by atoms with E-state index in [9.17, 15) is 9.18 Å². The van der Waals surface area contributed by atoms with Crippen molar-refractivity contribution in [2.45, 2.75) is 6.42 Å². The molecule has 1 aromatic heterocycles. The molecule has 1 heterocycles. The summed E-state index contributed by atoms with van der Waals surface area (Å²) < 4.78 is 14.4. The second-order valence-corrected chi connectivity index (χ2v) is 5.38. The van der Waals surface area contributed by atoms with E-state index in [1.54, 1.807) is 30.5 Å². The molecule has 0 spiro atoms. The van der Waals surface area contributed by atoms with Crippen molar-refractivity contribution < 1.29 is 9.18 Å². The Morgan fingerprint density at radius 2 is 2.00 bits per heavy atom. The van der Waals surface area contributed by atoms with E-state index in [-0.39, 0.29) is 18.0 Å². The van der Waals surface area contributed by atoms with Crippen LogP contribution < -0.4 is 0 Å². The quantitative estimate of drug-likeness (QED) is 0.757. The predicted molar refractivity (Wildman–Crippen MR) is 74.1 cm³/mol. The third-order valence-electron chi connectivity index (χ3n) is 2.40. The van der Waals surface area contributed by atoms with Gasteiger partial charge in [-0.25, -0.2) is 4.39 Å². The van der Waals surface area contributed by atoms with Crippen molar-refractivity contribution in [3.63, 3.8) is 0 Å². The molecular formula is C13H8Br2FNO. The van der Waals surface area contributed by atoms with Crippen LogP contribution in [0.3, 0.4) is 0 Å². The highest BCUT2D eigenvalue weighted by Gasteiger charge is 2.12. The fourth-order valence-electron chi connectivity index (χ4n) is 1.49. The number of aromatic nitrogens is 1. The highest BCUT2D eigenvalue weighted by atomic mass is 79.9. The van der Waals surface area contributed by atoms with Crippen LogP contribution in [0.25, 0.3) is 0 Å². The van der Waals surface area contributed by atoms with Crippen LogP contribution in [-0.2, 0) is 6.42 Å². The van der Waals surface area contributed by atoms with Crippen LogP contribution >= 0.6 is 31.9 Å². The SMILES string of the molecule is O=C(Cc1cccc(F)c1Br)c1ccc(Br)cn1. The number of halogens is 3. The Balaban J connectivity index is 2.21. The summed E-state index contributed by atoms with van der Waals surface area (Å²) in [5, 5.41) is 0. The molecular weight excluding hydrogens is 365 g/mol. The van der Waals surface area contributed by atoms with Crippen LogP contribution in [0, 0.1) is 5.82 Å². The van der Waals surface area contributed by atoms with Crippen LogP contribution in [0.15, 0.2) is 45.5 Å². The highest BCUT2D eigenvalue weighted by molar-refractivity contribution is 9.10. The maximum atomic E-state index is 13.3. The second kappa shape index (κ2) is 5.71. The van der Waals surface area contributed by atoms with Gasteiger partial charge in [-0.2, -0.15) is 0 Å². The van der Waals surface area contributed by atoms with E-state index in [2.05, 4.69) is 36.8 Å². The van der Waals surface area contributed by atoms with E-state index in [0.29, 0.717) is 15.7 Å². The third kappa shape index (κ3) is 3.03. The van der Waals surface area contributed by atoms with Gasteiger partial charge in [-0.1, -0.05) is 12.1 Å². The minimum absolute atomic E-state index is 0.118. The monoisotopic (exact) mass is 371 g/mol. The molecule has 0 atom stereocenters. The van der Waals surface area contributed by atoms with Crippen molar-refractivity contribution in [1.82, 2.24) is 4.98 Å². The molecule has 0 aliphatic carbocycles. The van der Waals surface area contributed by atoms with E-state index in [1.165, 1.54) is 6.07 Å². The molecule has 0 N–H and O–H groups in total. The van der Waals surface area contributed by atoms with Crippen LogP contribution in [0.5, 0.6) is 0 Å². The minimum atomic E-state index is -0.371. The molecule has 0 bridgehead atoms. The molecule has 0 fully saturated rings. The zero-order valence-corrected chi connectivity index (χ0v) is 12.3. The average Bonchev–Trinajstić information content (AvgIpc) is 2.36. The summed E-state index contributed by atoms with van der Waals surface area (Å²) >= 11 is 6.39. The number of carbonyl (C=O) groups is 1. The number of benzene rings is 1. The lowest BCUT2D eigenvalue weighted by Crippen LogP contribution is -2.06. The van der Waals surface area contributed by atoms with Crippen molar-refractivity contribution in [2.75, 3.05) is 0 Å². The highest BCUT2D eigenvalue weighted by Crippen LogP contribution is 2.21. The van der Waals surface area contributed by atoms with Gasteiger partial charge in [0, 0.05) is 17.1 Å². The van der Waals surface area contributed by atoms with E-state index in [4.69, 9.17) is 0 Å². The smallest absolute Gasteiger partial charge is 0.185 e. The molecule has 0 unspecified atom stereocenters. The normalized spacial score (nSPS) is 10.4. The molecule has 2 nitrogen and oxygen atoms in total. The first kappa shape index (κ1) is 13.4. The van der Waals surface area contributed by atoms with Gasteiger partial charge in [-0.15, -0.1) is 0 Å². The summed E-state index contributed by atoms with van der Waals surface area (Å²) in [6.45, 7) is 0. The van der Waals surface area contributed by atoms with Gasteiger partial charge in [-0.3, -0.25) is 9.78 Å². The van der Waals surface area contributed by atoms with Gasteiger partial charge < -0.3 is 0 Å². The Hall–Kier alpha value is -1.07. The molecule has 0 amide bonds. The van der Waals surface area contributed by atoms with Crippen LogP contribution in [0.1, 0.15) is 16.1 Å². The molecule has 18 heavy (non-hydrogen) atoms. The Kier molecular flexibility index (Phi) is 4.24. The van der Waals surface area contributed by atoms with Gasteiger partial charge in [0.25, 0.3) is 0 Å². The molecule has 0 radical (unpaired) electrons. The van der Waals surface area contributed by atoms with Crippen molar-refractivity contribution >= 4 is 37.6 Å². The molecule has 0 saturated heterocycles. The van der Waals surface area contributed by atoms with Crippen LogP contribution in [0.2, 0.25) is 0 Å². The summed E-state index contributed by atoms with van der Waals surface area (Å²) in [4.78, 5) is 16.0. The van der Waals surface area contributed by atoms with E-state index >= 15 is 0 Å². The number of rotatable bonds is 3. The molecule has 2 rings (SSSR count). The number of nitrogens with zero attached hydrogens (tertiary/aromatic N) is 1. The van der Waals surface area contributed by atoms with Crippen molar-refractivity contribution in [3.8, 4) is 0 Å². The second-order valence-electron chi connectivity index (χ2n) is 3.67. The summed E-state index contributed by atoms with van der Waals surface area (Å²) in [5.74, 6) is -0.516. The maximum Gasteiger partial charge on any atom is 0.185 e.